The van der Waals surface area contributed by atoms with Crippen molar-refractivity contribution in [2.45, 2.75) is 26.3 Å². The summed E-state index contributed by atoms with van der Waals surface area (Å²) in [6, 6.07) is 5.71. The molecule has 0 atom stereocenters. The maximum atomic E-state index is 12.0. The van der Waals surface area contributed by atoms with Crippen molar-refractivity contribution in [3.8, 4) is 0 Å². The van der Waals surface area contributed by atoms with Crippen LogP contribution in [0.15, 0.2) is 18.2 Å². The van der Waals surface area contributed by atoms with Gasteiger partial charge in [0.05, 0.1) is 0 Å². The molecule has 1 amide bonds. The molecule has 0 aliphatic heterocycles. The molecule has 0 radical (unpaired) electrons. The van der Waals surface area contributed by atoms with Gasteiger partial charge in [0.1, 0.15) is 0 Å². The summed E-state index contributed by atoms with van der Waals surface area (Å²) in [6.07, 6.45) is 0. The van der Waals surface area contributed by atoms with Gasteiger partial charge in [0.2, 0.25) is 0 Å². The predicted octanol–water partition coefficient (Wildman–Crippen LogP) is 2.49. The van der Waals surface area contributed by atoms with E-state index in [9.17, 15) is 4.79 Å². The van der Waals surface area contributed by atoms with Crippen molar-refractivity contribution in [1.82, 2.24) is 5.32 Å². The van der Waals surface area contributed by atoms with Crippen molar-refractivity contribution in [2.24, 2.45) is 5.73 Å². The Morgan fingerprint density at radius 1 is 1.47 bits per heavy atom. The number of rotatable bonds is 3. The van der Waals surface area contributed by atoms with Gasteiger partial charge < -0.3 is 11.1 Å². The van der Waals surface area contributed by atoms with Crippen LogP contribution in [0.1, 0.15) is 29.8 Å². The number of nitrogens with two attached hydrogens (primary N) is 1. The van der Waals surface area contributed by atoms with Crippen LogP contribution in [0.3, 0.4) is 0 Å². The molecule has 3 nitrogen and oxygen atoms in total. The summed E-state index contributed by atoms with van der Waals surface area (Å²) >= 11 is 2.23. The van der Waals surface area contributed by atoms with Gasteiger partial charge in [-0.2, -0.15) is 0 Å². The van der Waals surface area contributed by atoms with Crippen LogP contribution in [0.25, 0.3) is 0 Å². The molecule has 96 valence electrons. The van der Waals surface area contributed by atoms with E-state index in [1.54, 1.807) is 0 Å². The largest absolute Gasteiger partial charge is 0.346 e. The Labute approximate surface area is 122 Å². The van der Waals surface area contributed by atoms with Gasteiger partial charge in [-0.25, -0.2) is 0 Å². The zero-order chi connectivity index (χ0) is 12.3. The Morgan fingerprint density at radius 3 is 2.59 bits per heavy atom. The molecular formula is C12H18ClIN2O. The number of carbonyl (C=O) groups excluding carboxylic acids is 1. The number of amides is 1. The Hall–Kier alpha value is -0.330. The van der Waals surface area contributed by atoms with Crippen molar-refractivity contribution < 1.29 is 4.79 Å². The number of hydrogen-bond acceptors (Lipinski definition) is 2. The van der Waals surface area contributed by atoms with Crippen molar-refractivity contribution in [3.63, 3.8) is 0 Å². The van der Waals surface area contributed by atoms with Crippen LogP contribution in [-0.2, 0) is 0 Å². The summed E-state index contributed by atoms with van der Waals surface area (Å²) in [5.41, 5.74) is 6.94. The molecule has 0 saturated carbocycles. The van der Waals surface area contributed by atoms with Crippen molar-refractivity contribution in [3.05, 3.63) is 32.9 Å². The van der Waals surface area contributed by atoms with Gasteiger partial charge in [-0.05, 0) is 61.1 Å². The first-order valence-corrected chi connectivity index (χ1v) is 6.23. The molecule has 0 saturated heterocycles. The van der Waals surface area contributed by atoms with Crippen LogP contribution in [0.5, 0.6) is 0 Å². The van der Waals surface area contributed by atoms with Crippen LogP contribution < -0.4 is 11.1 Å². The van der Waals surface area contributed by atoms with Crippen molar-refractivity contribution >= 4 is 40.9 Å². The van der Waals surface area contributed by atoms with Gasteiger partial charge in [-0.1, -0.05) is 6.07 Å². The summed E-state index contributed by atoms with van der Waals surface area (Å²) < 4.78 is 1.09. The number of nitrogens with one attached hydrogen (secondary N) is 1. The summed E-state index contributed by atoms with van der Waals surface area (Å²) in [7, 11) is 0. The fourth-order valence-electron chi connectivity index (χ4n) is 1.28. The average Bonchev–Trinajstić information content (AvgIpc) is 2.21. The van der Waals surface area contributed by atoms with Gasteiger partial charge in [-0.3, -0.25) is 4.79 Å². The lowest BCUT2D eigenvalue weighted by molar-refractivity contribution is 0.0915. The Kier molecular flexibility index (Phi) is 6.43. The Balaban J connectivity index is 0.00000256. The first kappa shape index (κ1) is 16.7. The molecule has 5 heteroatoms. The summed E-state index contributed by atoms with van der Waals surface area (Å²) in [5, 5.41) is 2.92. The Morgan fingerprint density at radius 2 is 2.06 bits per heavy atom. The number of halogens is 2. The van der Waals surface area contributed by atoms with Gasteiger partial charge in [-0.15, -0.1) is 12.4 Å². The lowest BCUT2D eigenvalue weighted by atomic mass is 10.0. The zero-order valence-electron chi connectivity index (χ0n) is 10.2. The highest BCUT2D eigenvalue weighted by atomic mass is 127. The quantitative estimate of drug-likeness (QED) is 0.806. The average molecular weight is 369 g/mol. The molecule has 1 aromatic rings. The van der Waals surface area contributed by atoms with Crippen molar-refractivity contribution in [1.29, 1.82) is 0 Å². The van der Waals surface area contributed by atoms with E-state index < -0.39 is 0 Å². The fraction of sp³-hybridized carbons (Fsp3) is 0.417. The maximum absolute atomic E-state index is 12.0. The Bertz CT molecular complexity index is 407. The molecule has 0 fully saturated rings. The van der Waals surface area contributed by atoms with E-state index in [2.05, 4.69) is 27.9 Å². The van der Waals surface area contributed by atoms with Crippen LogP contribution in [0.2, 0.25) is 0 Å². The summed E-state index contributed by atoms with van der Waals surface area (Å²) in [4.78, 5) is 12.0. The van der Waals surface area contributed by atoms with Gasteiger partial charge >= 0.3 is 0 Å². The first-order chi connectivity index (χ1) is 7.37. The molecule has 0 heterocycles. The molecular weight excluding hydrogens is 351 g/mol. The van der Waals surface area contributed by atoms with E-state index in [0.29, 0.717) is 12.1 Å². The van der Waals surface area contributed by atoms with Crippen LogP contribution in [0.4, 0.5) is 0 Å². The minimum atomic E-state index is -0.370. The molecule has 1 aromatic carbocycles. The second kappa shape index (κ2) is 6.56. The smallest absolute Gasteiger partial charge is 0.252 e. The molecule has 0 aromatic heterocycles. The normalized spacial score (nSPS) is 10.6. The zero-order valence-corrected chi connectivity index (χ0v) is 13.2. The van der Waals surface area contributed by atoms with Gasteiger partial charge in [0.15, 0.2) is 0 Å². The van der Waals surface area contributed by atoms with E-state index >= 15 is 0 Å². The summed E-state index contributed by atoms with van der Waals surface area (Å²) in [5.74, 6) is -0.0635. The third-order valence-corrected chi connectivity index (χ3v) is 3.64. The second-order valence-corrected chi connectivity index (χ2v) is 5.62. The monoisotopic (exact) mass is 368 g/mol. The first-order valence-electron chi connectivity index (χ1n) is 5.15. The minimum Gasteiger partial charge on any atom is -0.346 e. The molecule has 3 N–H and O–H groups in total. The van der Waals surface area contributed by atoms with E-state index in [4.69, 9.17) is 5.73 Å². The lowest BCUT2D eigenvalue weighted by Gasteiger charge is -2.24. The topological polar surface area (TPSA) is 55.1 Å². The maximum Gasteiger partial charge on any atom is 0.252 e. The fourth-order valence-corrected chi connectivity index (χ4v) is 1.78. The third kappa shape index (κ3) is 4.44. The van der Waals surface area contributed by atoms with E-state index in [1.807, 2.05) is 39.0 Å². The van der Waals surface area contributed by atoms with E-state index in [0.717, 1.165) is 9.13 Å². The van der Waals surface area contributed by atoms with E-state index in [1.165, 1.54) is 0 Å². The standard InChI is InChI=1S/C12H17IN2O.ClH/c1-8-9(5-4-6-10(8)13)11(16)15-12(2,3)7-14;/h4-6H,7,14H2,1-3H3,(H,15,16);1H. The number of hydrogen-bond donors (Lipinski definition) is 2. The van der Waals surface area contributed by atoms with E-state index in [-0.39, 0.29) is 23.9 Å². The molecule has 0 spiro atoms. The highest BCUT2D eigenvalue weighted by molar-refractivity contribution is 14.1. The van der Waals surface area contributed by atoms with Crippen LogP contribution in [0, 0.1) is 10.5 Å². The van der Waals surface area contributed by atoms with Crippen LogP contribution >= 0.6 is 35.0 Å². The number of benzene rings is 1. The minimum absolute atomic E-state index is 0. The van der Waals surface area contributed by atoms with Crippen molar-refractivity contribution in [2.75, 3.05) is 6.54 Å². The SMILES string of the molecule is Cc1c(I)cccc1C(=O)NC(C)(C)CN.Cl. The molecule has 0 aliphatic rings. The van der Waals surface area contributed by atoms with Gasteiger partial charge in [0.25, 0.3) is 5.91 Å². The molecule has 0 bridgehead atoms. The third-order valence-electron chi connectivity index (χ3n) is 2.47. The lowest BCUT2D eigenvalue weighted by Crippen LogP contribution is -2.49. The highest BCUT2D eigenvalue weighted by Crippen LogP contribution is 2.16. The molecule has 1 rings (SSSR count). The van der Waals surface area contributed by atoms with Crippen LogP contribution in [-0.4, -0.2) is 18.0 Å². The highest BCUT2D eigenvalue weighted by Gasteiger charge is 2.20. The summed E-state index contributed by atoms with van der Waals surface area (Å²) in [6.45, 7) is 6.19. The predicted molar refractivity (Wildman–Crippen MR) is 81.7 cm³/mol. The molecule has 0 aliphatic carbocycles. The molecule has 17 heavy (non-hydrogen) atoms. The second-order valence-electron chi connectivity index (χ2n) is 4.45. The number of carbonyl (C=O) groups is 1. The van der Waals surface area contributed by atoms with Gasteiger partial charge in [0, 0.05) is 21.2 Å². The molecule has 0 unspecified atom stereocenters.